The highest BCUT2D eigenvalue weighted by molar-refractivity contribution is 7.07. The van der Waals surface area contributed by atoms with Crippen LogP contribution in [0.25, 0.3) is 0 Å². The minimum absolute atomic E-state index is 0.316. The van der Waals surface area contributed by atoms with Gasteiger partial charge in [0.15, 0.2) is 0 Å². The van der Waals surface area contributed by atoms with E-state index in [9.17, 15) is 0 Å². The fourth-order valence-electron chi connectivity index (χ4n) is 1.59. The molecule has 1 heterocycles. The first kappa shape index (κ1) is 12.9. The fraction of sp³-hybridized carbons (Fsp3) is 0.231. The first-order valence-electron chi connectivity index (χ1n) is 5.37. The van der Waals surface area contributed by atoms with Gasteiger partial charge < -0.3 is 5.32 Å². The zero-order valence-corrected chi connectivity index (χ0v) is 11.7. The number of halogens is 2. The topological polar surface area (TPSA) is 12.0 Å². The molecule has 1 N–H and O–H groups in total. The molecule has 0 radical (unpaired) electrons. The second-order valence-corrected chi connectivity index (χ2v) is 5.44. The molecule has 0 spiro atoms. The molecule has 0 aliphatic carbocycles. The van der Waals surface area contributed by atoms with Gasteiger partial charge in [0.2, 0.25) is 0 Å². The van der Waals surface area contributed by atoms with Crippen LogP contribution in [-0.4, -0.2) is 0 Å². The van der Waals surface area contributed by atoms with Gasteiger partial charge in [-0.25, -0.2) is 0 Å². The Hall–Kier alpha value is -0.540. The predicted molar refractivity (Wildman–Crippen MR) is 76.0 cm³/mol. The van der Waals surface area contributed by atoms with Crippen LogP contribution in [0.3, 0.4) is 0 Å². The van der Waals surface area contributed by atoms with Crippen molar-refractivity contribution in [1.29, 1.82) is 0 Å². The summed E-state index contributed by atoms with van der Waals surface area (Å²) >= 11 is 13.8. The average molecular weight is 286 g/mol. The molecular weight excluding hydrogens is 273 g/mol. The predicted octanol–water partition coefficient (Wildman–Crippen LogP) is 4.91. The van der Waals surface area contributed by atoms with Crippen LogP contribution in [0.5, 0.6) is 0 Å². The summed E-state index contributed by atoms with van der Waals surface area (Å²) in [4.78, 5) is 0. The minimum atomic E-state index is 0.316. The number of hydrogen-bond donors (Lipinski definition) is 1. The minimum Gasteiger partial charge on any atom is -0.306 e. The smallest absolute Gasteiger partial charge is 0.0637 e. The Bertz CT molecular complexity index is 482. The lowest BCUT2D eigenvalue weighted by Crippen LogP contribution is -2.17. The Morgan fingerprint density at radius 1 is 1.29 bits per heavy atom. The molecule has 4 heteroatoms. The van der Waals surface area contributed by atoms with E-state index < -0.39 is 0 Å². The molecule has 1 atom stereocenters. The molecule has 2 rings (SSSR count). The summed E-state index contributed by atoms with van der Waals surface area (Å²) in [5, 5.41) is 8.91. The largest absolute Gasteiger partial charge is 0.306 e. The maximum Gasteiger partial charge on any atom is 0.0637 e. The lowest BCUT2D eigenvalue weighted by molar-refractivity contribution is 0.576. The van der Waals surface area contributed by atoms with Gasteiger partial charge in [-0.1, -0.05) is 35.3 Å². The van der Waals surface area contributed by atoms with E-state index in [0.29, 0.717) is 16.1 Å². The lowest BCUT2D eigenvalue weighted by Gasteiger charge is -2.13. The van der Waals surface area contributed by atoms with Gasteiger partial charge in [-0.2, -0.15) is 11.3 Å². The Morgan fingerprint density at radius 3 is 2.82 bits per heavy atom. The van der Waals surface area contributed by atoms with Gasteiger partial charge in [-0.3, -0.25) is 0 Å². The van der Waals surface area contributed by atoms with Gasteiger partial charge in [0.1, 0.15) is 0 Å². The van der Waals surface area contributed by atoms with E-state index >= 15 is 0 Å². The molecule has 2 aromatic rings. The van der Waals surface area contributed by atoms with E-state index in [2.05, 4.69) is 29.1 Å². The van der Waals surface area contributed by atoms with E-state index in [4.69, 9.17) is 23.2 Å². The summed E-state index contributed by atoms with van der Waals surface area (Å²) in [6.45, 7) is 2.86. The molecule has 0 aliphatic rings. The van der Waals surface area contributed by atoms with Crippen molar-refractivity contribution in [3.05, 3.63) is 56.2 Å². The van der Waals surface area contributed by atoms with E-state index in [-0.39, 0.29) is 0 Å². The highest BCUT2D eigenvalue weighted by Crippen LogP contribution is 2.26. The molecule has 1 nitrogen and oxygen atoms in total. The monoisotopic (exact) mass is 285 g/mol. The van der Waals surface area contributed by atoms with Crippen LogP contribution in [0.1, 0.15) is 24.1 Å². The van der Waals surface area contributed by atoms with Crippen molar-refractivity contribution in [3.63, 3.8) is 0 Å². The van der Waals surface area contributed by atoms with Crippen LogP contribution in [0.2, 0.25) is 10.0 Å². The summed E-state index contributed by atoms with van der Waals surface area (Å²) in [5.74, 6) is 0. The molecule has 1 aromatic heterocycles. The molecule has 90 valence electrons. The van der Waals surface area contributed by atoms with E-state index in [1.807, 2.05) is 12.1 Å². The highest BCUT2D eigenvalue weighted by Gasteiger charge is 2.08. The Kier molecular flexibility index (Phi) is 4.46. The van der Waals surface area contributed by atoms with Crippen LogP contribution >= 0.6 is 34.5 Å². The van der Waals surface area contributed by atoms with Crippen LogP contribution in [0.15, 0.2) is 35.0 Å². The van der Waals surface area contributed by atoms with E-state index in [0.717, 1.165) is 12.1 Å². The van der Waals surface area contributed by atoms with Crippen molar-refractivity contribution in [2.75, 3.05) is 0 Å². The quantitative estimate of drug-likeness (QED) is 0.842. The van der Waals surface area contributed by atoms with E-state index in [1.165, 1.54) is 5.56 Å². The summed E-state index contributed by atoms with van der Waals surface area (Å²) in [7, 11) is 0. The van der Waals surface area contributed by atoms with Crippen molar-refractivity contribution in [2.45, 2.75) is 19.5 Å². The third-order valence-corrected chi connectivity index (χ3v) is 4.23. The summed E-state index contributed by atoms with van der Waals surface area (Å²) < 4.78 is 0. The molecule has 17 heavy (non-hydrogen) atoms. The first-order valence-corrected chi connectivity index (χ1v) is 7.06. The Labute approximate surface area is 115 Å². The maximum absolute atomic E-state index is 6.13. The first-order chi connectivity index (χ1) is 8.18. The Balaban J connectivity index is 2.00. The molecule has 0 bridgehead atoms. The van der Waals surface area contributed by atoms with Gasteiger partial charge in [0.25, 0.3) is 0 Å². The number of benzene rings is 1. The van der Waals surface area contributed by atoms with Gasteiger partial charge in [-0.15, -0.1) is 0 Å². The second-order valence-electron chi connectivity index (χ2n) is 3.87. The standard InChI is InChI=1S/C13H13Cl2NS/c1-9(11-5-6-17-8-11)16-7-10-3-2-4-12(14)13(10)15/h2-6,8-9,16H,7H2,1H3. The maximum atomic E-state index is 6.13. The molecule has 1 unspecified atom stereocenters. The van der Waals surface area contributed by atoms with Gasteiger partial charge in [-0.05, 0) is 40.9 Å². The van der Waals surface area contributed by atoms with Crippen LogP contribution in [0.4, 0.5) is 0 Å². The molecule has 0 saturated heterocycles. The third kappa shape index (κ3) is 3.23. The summed E-state index contributed by atoms with van der Waals surface area (Å²) in [6.07, 6.45) is 0. The average Bonchev–Trinajstić information content (AvgIpc) is 2.84. The number of nitrogens with one attached hydrogen (secondary N) is 1. The fourth-order valence-corrected chi connectivity index (χ4v) is 2.73. The molecule has 0 amide bonds. The van der Waals surface area contributed by atoms with Crippen molar-refractivity contribution >= 4 is 34.5 Å². The van der Waals surface area contributed by atoms with Crippen LogP contribution in [0, 0.1) is 0 Å². The SMILES string of the molecule is CC(NCc1cccc(Cl)c1Cl)c1ccsc1. The van der Waals surface area contributed by atoms with Crippen molar-refractivity contribution in [2.24, 2.45) is 0 Å². The molecular formula is C13H13Cl2NS. The van der Waals surface area contributed by atoms with E-state index in [1.54, 1.807) is 17.4 Å². The van der Waals surface area contributed by atoms with Gasteiger partial charge in [0.05, 0.1) is 10.0 Å². The normalized spacial score (nSPS) is 12.6. The zero-order chi connectivity index (χ0) is 12.3. The number of hydrogen-bond acceptors (Lipinski definition) is 2. The molecule has 0 aliphatic heterocycles. The van der Waals surface area contributed by atoms with Crippen LogP contribution < -0.4 is 5.32 Å². The third-order valence-electron chi connectivity index (χ3n) is 2.67. The van der Waals surface area contributed by atoms with Crippen LogP contribution in [-0.2, 0) is 6.54 Å². The summed E-state index contributed by atoms with van der Waals surface area (Å²) in [6, 6.07) is 8.15. The number of thiophene rings is 1. The highest BCUT2D eigenvalue weighted by atomic mass is 35.5. The second kappa shape index (κ2) is 5.87. The van der Waals surface area contributed by atoms with Gasteiger partial charge >= 0.3 is 0 Å². The molecule has 1 aromatic carbocycles. The number of rotatable bonds is 4. The Morgan fingerprint density at radius 2 is 2.12 bits per heavy atom. The van der Waals surface area contributed by atoms with Crippen molar-refractivity contribution in [3.8, 4) is 0 Å². The lowest BCUT2D eigenvalue weighted by atomic mass is 10.1. The molecule has 0 saturated carbocycles. The zero-order valence-electron chi connectivity index (χ0n) is 9.41. The van der Waals surface area contributed by atoms with Crippen molar-refractivity contribution in [1.82, 2.24) is 5.32 Å². The molecule has 0 fully saturated rings. The summed E-state index contributed by atoms with van der Waals surface area (Å²) in [5.41, 5.74) is 2.33. The van der Waals surface area contributed by atoms with Crippen molar-refractivity contribution < 1.29 is 0 Å². The van der Waals surface area contributed by atoms with Gasteiger partial charge in [0, 0.05) is 12.6 Å².